The number of rotatable bonds is 5. The summed E-state index contributed by atoms with van der Waals surface area (Å²) in [5, 5.41) is 3.32. The molecule has 0 radical (unpaired) electrons. The van der Waals surface area contributed by atoms with Gasteiger partial charge in [-0.1, -0.05) is 6.92 Å². The van der Waals surface area contributed by atoms with E-state index < -0.39 is 5.82 Å². The van der Waals surface area contributed by atoms with Crippen LogP contribution in [0.15, 0.2) is 23.1 Å². The highest BCUT2D eigenvalue weighted by atomic mass is 32.2. The van der Waals surface area contributed by atoms with Gasteiger partial charge in [-0.2, -0.15) is 11.8 Å². The molecule has 17 heavy (non-hydrogen) atoms. The number of carbonyl (C=O) groups excluding carboxylic acids is 1. The first kappa shape index (κ1) is 14.4. The Morgan fingerprint density at radius 3 is 2.88 bits per heavy atom. The molecule has 94 valence electrons. The molecular formula is C12H16FNOS2. The SMILES string of the molecule is CSC(C)CCNC(=O)c1ccc(F)c(S)c1. The summed E-state index contributed by atoms with van der Waals surface area (Å²) < 4.78 is 13.0. The van der Waals surface area contributed by atoms with Crippen molar-refractivity contribution in [2.24, 2.45) is 0 Å². The van der Waals surface area contributed by atoms with Crippen molar-refractivity contribution in [1.82, 2.24) is 5.32 Å². The number of thiol groups is 1. The molecule has 1 rings (SSSR count). The number of benzene rings is 1. The average Bonchev–Trinajstić information content (AvgIpc) is 2.32. The van der Waals surface area contributed by atoms with E-state index in [1.54, 1.807) is 11.8 Å². The fourth-order valence-electron chi connectivity index (χ4n) is 1.26. The number of hydrogen-bond donors (Lipinski definition) is 2. The Balaban J connectivity index is 2.50. The van der Waals surface area contributed by atoms with Crippen LogP contribution in [0.4, 0.5) is 4.39 Å². The Morgan fingerprint density at radius 1 is 1.59 bits per heavy atom. The summed E-state index contributed by atoms with van der Waals surface area (Å²) in [6.45, 7) is 2.74. The smallest absolute Gasteiger partial charge is 0.251 e. The first-order chi connectivity index (χ1) is 8.04. The summed E-state index contributed by atoms with van der Waals surface area (Å²) >= 11 is 5.71. The van der Waals surface area contributed by atoms with Crippen LogP contribution in [0, 0.1) is 5.82 Å². The minimum Gasteiger partial charge on any atom is -0.352 e. The van der Waals surface area contributed by atoms with Gasteiger partial charge in [-0.05, 0) is 30.9 Å². The second kappa shape index (κ2) is 6.91. The van der Waals surface area contributed by atoms with Crippen LogP contribution in [0.3, 0.4) is 0 Å². The first-order valence-electron chi connectivity index (χ1n) is 5.34. The molecule has 0 saturated heterocycles. The quantitative estimate of drug-likeness (QED) is 0.808. The van der Waals surface area contributed by atoms with E-state index in [9.17, 15) is 9.18 Å². The van der Waals surface area contributed by atoms with E-state index in [4.69, 9.17) is 0 Å². The summed E-state index contributed by atoms with van der Waals surface area (Å²) in [4.78, 5) is 11.9. The second-order valence-electron chi connectivity index (χ2n) is 3.76. The lowest BCUT2D eigenvalue weighted by molar-refractivity contribution is 0.0953. The van der Waals surface area contributed by atoms with Crippen molar-refractivity contribution in [3.63, 3.8) is 0 Å². The molecule has 1 N–H and O–H groups in total. The zero-order chi connectivity index (χ0) is 12.8. The molecule has 0 aliphatic carbocycles. The van der Waals surface area contributed by atoms with Crippen molar-refractivity contribution in [3.8, 4) is 0 Å². The normalized spacial score (nSPS) is 12.2. The van der Waals surface area contributed by atoms with Crippen molar-refractivity contribution in [2.75, 3.05) is 12.8 Å². The first-order valence-corrected chi connectivity index (χ1v) is 7.07. The van der Waals surface area contributed by atoms with Crippen LogP contribution >= 0.6 is 24.4 Å². The number of carbonyl (C=O) groups is 1. The Labute approximate surface area is 111 Å². The van der Waals surface area contributed by atoms with Gasteiger partial charge >= 0.3 is 0 Å². The van der Waals surface area contributed by atoms with Gasteiger partial charge < -0.3 is 5.32 Å². The lowest BCUT2D eigenvalue weighted by Gasteiger charge is -2.09. The van der Waals surface area contributed by atoms with E-state index in [1.165, 1.54) is 18.2 Å². The van der Waals surface area contributed by atoms with Crippen molar-refractivity contribution < 1.29 is 9.18 Å². The maximum absolute atomic E-state index is 13.0. The van der Waals surface area contributed by atoms with Crippen LogP contribution in [0.25, 0.3) is 0 Å². The van der Waals surface area contributed by atoms with E-state index in [2.05, 4.69) is 24.9 Å². The van der Waals surface area contributed by atoms with E-state index in [0.717, 1.165) is 6.42 Å². The predicted octanol–water partition coefficient (Wildman–Crippen LogP) is 2.99. The minimum atomic E-state index is -0.416. The Morgan fingerprint density at radius 2 is 2.29 bits per heavy atom. The number of amides is 1. The molecule has 2 nitrogen and oxygen atoms in total. The second-order valence-corrected chi connectivity index (χ2v) is 5.52. The van der Waals surface area contributed by atoms with Crippen LogP contribution in [0.2, 0.25) is 0 Å². The molecule has 5 heteroatoms. The maximum Gasteiger partial charge on any atom is 0.251 e. The summed E-state index contributed by atoms with van der Waals surface area (Å²) in [5.41, 5.74) is 0.438. The number of thioether (sulfide) groups is 1. The molecule has 1 aromatic carbocycles. The summed E-state index contributed by atoms with van der Waals surface area (Å²) in [6.07, 6.45) is 2.96. The van der Waals surface area contributed by atoms with E-state index in [0.29, 0.717) is 17.4 Å². The van der Waals surface area contributed by atoms with Gasteiger partial charge in [0.15, 0.2) is 0 Å². The van der Waals surface area contributed by atoms with Gasteiger partial charge in [0.25, 0.3) is 5.91 Å². The Kier molecular flexibility index (Phi) is 5.85. The maximum atomic E-state index is 13.0. The molecule has 1 aromatic rings. The van der Waals surface area contributed by atoms with Crippen molar-refractivity contribution in [3.05, 3.63) is 29.6 Å². The third-order valence-corrected chi connectivity index (χ3v) is 3.83. The number of hydrogen-bond acceptors (Lipinski definition) is 3. The molecule has 1 atom stereocenters. The van der Waals surface area contributed by atoms with E-state index in [-0.39, 0.29) is 10.8 Å². The molecule has 0 bridgehead atoms. The minimum absolute atomic E-state index is 0.186. The lowest BCUT2D eigenvalue weighted by atomic mass is 10.2. The van der Waals surface area contributed by atoms with Crippen LogP contribution in [0.5, 0.6) is 0 Å². The highest BCUT2D eigenvalue weighted by Gasteiger charge is 2.08. The zero-order valence-electron chi connectivity index (χ0n) is 9.87. The van der Waals surface area contributed by atoms with Gasteiger partial charge in [0.05, 0.1) is 0 Å². The van der Waals surface area contributed by atoms with Gasteiger partial charge in [-0.15, -0.1) is 12.6 Å². The molecule has 1 amide bonds. The van der Waals surface area contributed by atoms with E-state index >= 15 is 0 Å². The molecule has 0 saturated carbocycles. The molecule has 0 fully saturated rings. The fraction of sp³-hybridized carbons (Fsp3) is 0.417. The molecule has 1 unspecified atom stereocenters. The molecule has 0 aliphatic heterocycles. The number of halogens is 1. The van der Waals surface area contributed by atoms with Gasteiger partial charge in [0.1, 0.15) is 5.82 Å². The third-order valence-electron chi connectivity index (χ3n) is 2.45. The van der Waals surface area contributed by atoms with Crippen LogP contribution in [-0.2, 0) is 0 Å². The fourth-order valence-corrected chi connectivity index (χ4v) is 1.83. The highest BCUT2D eigenvalue weighted by molar-refractivity contribution is 7.99. The van der Waals surface area contributed by atoms with Crippen molar-refractivity contribution in [2.45, 2.75) is 23.5 Å². The molecule has 0 aromatic heterocycles. The van der Waals surface area contributed by atoms with Gasteiger partial charge in [0.2, 0.25) is 0 Å². The molecule has 0 spiro atoms. The number of nitrogens with one attached hydrogen (secondary N) is 1. The van der Waals surface area contributed by atoms with Gasteiger partial charge in [-0.25, -0.2) is 4.39 Å². The van der Waals surface area contributed by atoms with Gasteiger partial charge in [-0.3, -0.25) is 4.79 Å². The molecule has 0 aliphatic rings. The summed E-state index contributed by atoms with van der Waals surface area (Å²) in [5.74, 6) is -0.602. The van der Waals surface area contributed by atoms with Crippen molar-refractivity contribution in [1.29, 1.82) is 0 Å². The molecule has 0 heterocycles. The monoisotopic (exact) mass is 273 g/mol. The van der Waals surface area contributed by atoms with Crippen LogP contribution < -0.4 is 5.32 Å². The summed E-state index contributed by atoms with van der Waals surface area (Å²) in [6, 6.07) is 4.15. The lowest BCUT2D eigenvalue weighted by Crippen LogP contribution is -2.26. The third kappa shape index (κ3) is 4.60. The van der Waals surface area contributed by atoms with Crippen LogP contribution in [0.1, 0.15) is 23.7 Å². The largest absolute Gasteiger partial charge is 0.352 e. The average molecular weight is 273 g/mol. The standard InChI is InChI=1S/C12H16FNOS2/c1-8(17-2)5-6-14-12(15)9-3-4-10(13)11(16)7-9/h3-4,7-8,16H,5-6H2,1-2H3,(H,14,15). The highest BCUT2D eigenvalue weighted by Crippen LogP contribution is 2.14. The zero-order valence-corrected chi connectivity index (χ0v) is 11.6. The Bertz CT molecular complexity index is 398. The predicted molar refractivity (Wildman–Crippen MR) is 73.6 cm³/mol. The van der Waals surface area contributed by atoms with Crippen LogP contribution in [-0.4, -0.2) is 24.0 Å². The summed E-state index contributed by atoms with van der Waals surface area (Å²) in [7, 11) is 0. The Hall–Kier alpha value is -0.680. The van der Waals surface area contributed by atoms with Crippen molar-refractivity contribution >= 4 is 30.3 Å². The topological polar surface area (TPSA) is 29.1 Å². The van der Waals surface area contributed by atoms with Gasteiger partial charge in [0, 0.05) is 22.3 Å². The van der Waals surface area contributed by atoms with E-state index in [1.807, 2.05) is 6.26 Å². The molecular weight excluding hydrogens is 257 g/mol.